The number of benzene rings is 1. The van der Waals surface area contributed by atoms with Crippen LogP contribution in [0.4, 0.5) is 0 Å². The second-order valence-corrected chi connectivity index (χ2v) is 5.66. The van der Waals surface area contributed by atoms with Gasteiger partial charge in [-0.3, -0.25) is 0 Å². The van der Waals surface area contributed by atoms with Gasteiger partial charge < -0.3 is 5.32 Å². The molecule has 1 atom stereocenters. The first-order valence-corrected chi connectivity index (χ1v) is 6.41. The van der Waals surface area contributed by atoms with E-state index in [1.807, 2.05) is 0 Å². The first-order valence-electron chi connectivity index (χ1n) is 5.62. The predicted octanol–water partition coefficient (Wildman–Crippen LogP) is 3.34. The minimum absolute atomic E-state index is 0.348. The van der Waals surface area contributed by atoms with Crippen LogP contribution in [-0.4, -0.2) is 13.1 Å². The van der Waals surface area contributed by atoms with Crippen molar-refractivity contribution in [2.24, 2.45) is 5.92 Å². The number of halogens is 1. The van der Waals surface area contributed by atoms with Crippen molar-refractivity contribution < 1.29 is 0 Å². The Morgan fingerprint density at radius 3 is 2.40 bits per heavy atom. The Morgan fingerprint density at radius 2 is 1.93 bits per heavy atom. The van der Waals surface area contributed by atoms with Crippen molar-refractivity contribution in [1.82, 2.24) is 5.32 Å². The molecule has 1 aromatic rings. The van der Waals surface area contributed by atoms with Crippen LogP contribution in [0.5, 0.6) is 0 Å². The van der Waals surface area contributed by atoms with Crippen LogP contribution in [-0.2, 0) is 5.41 Å². The molecule has 2 heteroatoms. The van der Waals surface area contributed by atoms with E-state index in [0.29, 0.717) is 11.3 Å². The average molecular weight is 268 g/mol. The lowest BCUT2D eigenvalue weighted by atomic mass is 9.71. The normalized spacial score (nSPS) is 26.1. The van der Waals surface area contributed by atoms with E-state index in [1.165, 1.54) is 12.0 Å². The van der Waals surface area contributed by atoms with Crippen molar-refractivity contribution >= 4 is 15.9 Å². The van der Waals surface area contributed by atoms with E-state index in [0.717, 1.165) is 17.6 Å². The fourth-order valence-corrected chi connectivity index (χ4v) is 2.83. The Kier molecular flexibility index (Phi) is 3.17. The summed E-state index contributed by atoms with van der Waals surface area (Å²) in [6, 6.07) is 8.82. The maximum absolute atomic E-state index is 3.50. The molecule has 1 heterocycles. The van der Waals surface area contributed by atoms with E-state index in [1.54, 1.807) is 0 Å². The lowest BCUT2D eigenvalue weighted by molar-refractivity contribution is 0.336. The van der Waals surface area contributed by atoms with Gasteiger partial charge >= 0.3 is 0 Å². The van der Waals surface area contributed by atoms with Crippen LogP contribution in [0, 0.1) is 5.92 Å². The van der Waals surface area contributed by atoms with Gasteiger partial charge in [0.05, 0.1) is 0 Å². The molecule has 1 N–H and O–H groups in total. The van der Waals surface area contributed by atoms with Gasteiger partial charge in [-0.15, -0.1) is 0 Å². The molecule has 1 unspecified atom stereocenters. The molecule has 1 aliphatic heterocycles. The summed E-state index contributed by atoms with van der Waals surface area (Å²) >= 11 is 3.49. The van der Waals surface area contributed by atoms with Crippen LogP contribution in [0.25, 0.3) is 0 Å². The first kappa shape index (κ1) is 11.2. The van der Waals surface area contributed by atoms with Crippen molar-refractivity contribution in [2.45, 2.75) is 25.7 Å². The van der Waals surface area contributed by atoms with E-state index in [4.69, 9.17) is 0 Å². The molecule has 82 valence electrons. The molecule has 0 radical (unpaired) electrons. The second-order valence-electron chi connectivity index (χ2n) is 4.74. The van der Waals surface area contributed by atoms with Crippen LogP contribution < -0.4 is 5.32 Å². The summed E-state index contributed by atoms with van der Waals surface area (Å²) < 4.78 is 1.16. The average Bonchev–Trinajstić information content (AvgIpc) is 2.69. The van der Waals surface area contributed by atoms with Crippen LogP contribution >= 0.6 is 15.9 Å². The first-order chi connectivity index (χ1) is 7.15. The number of nitrogens with one attached hydrogen (secondary N) is 1. The van der Waals surface area contributed by atoms with Crippen molar-refractivity contribution in [2.75, 3.05) is 13.1 Å². The SMILES string of the molecule is CC(C)C1(c2ccc(Br)cc2)CCNC1. The predicted molar refractivity (Wildman–Crippen MR) is 68.1 cm³/mol. The quantitative estimate of drug-likeness (QED) is 0.867. The maximum atomic E-state index is 3.50. The summed E-state index contributed by atoms with van der Waals surface area (Å²) in [5.41, 5.74) is 1.83. The number of hydrogen-bond acceptors (Lipinski definition) is 1. The van der Waals surface area contributed by atoms with Crippen LogP contribution in [0.15, 0.2) is 28.7 Å². The molecule has 1 aromatic carbocycles. The van der Waals surface area contributed by atoms with Crippen molar-refractivity contribution in [1.29, 1.82) is 0 Å². The third-order valence-electron chi connectivity index (χ3n) is 3.71. The van der Waals surface area contributed by atoms with Gasteiger partial charge in [0, 0.05) is 16.4 Å². The van der Waals surface area contributed by atoms with Gasteiger partial charge in [0.15, 0.2) is 0 Å². The second kappa shape index (κ2) is 4.26. The van der Waals surface area contributed by atoms with Crippen LogP contribution in [0.1, 0.15) is 25.8 Å². The fraction of sp³-hybridized carbons (Fsp3) is 0.538. The van der Waals surface area contributed by atoms with Gasteiger partial charge in [0.25, 0.3) is 0 Å². The molecule has 1 aliphatic rings. The Labute approximate surface area is 100 Å². The summed E-state index contributed by atoms with van der Waals surface area (Å²) in [4.78, 5) is 0. The molecule has 0 aromatic heterocycles. The molecule has 0 spiro atoms. The van der Waals surface area contributed by atoms with Crippen molar-refractivity contribution in [3.63, 3.8) is 0 Å². The van der Waals surface area contributed by atoms with Gasteiger partial charge in [0.2, 0.25) is 0 Å². The highest BCUT2D eigenvalue weighted by Gasteiger charge is 2.38. The Hall–Kier alpha value is -0.340. The van der Waals surface area contributed by atoms with Gasteiger partial charge in [-0.1, -0.05) is 41.9 Å². The molecule has 0 amide bonds. The Balaban J connectivity index is 2.36. The van der Waals surface area contributed by atoms with Gasteiger partial charge in [-0.05, 0) is 36.6 Å². The summed E-state index contributed by atoms with van der Waals surface area (Å²) in [5, 5.41) is 3.50. The number of rotatable bonds is 2. The topological polar surface area (TPSA) is 12.0 Å². The molecule has 15 heavy (non-hydrogen) atoms. The standard InChI is InChI=1S/C13H18BrN/c1-10(2)13(7-8-15-9-13)11-3-5-12(14)6-4-11/h3-6,10,15H,7-9H2,1-2H3. The molecular weight excluding hydrogens is 250 g/mol. The zero-order valence-corrected chi connectivity index (χ0v) is 11.0. The molecule has 0 saturated carbocycles. The number of hydrogen-bond donors (Lipinski definition) is 1. The van der Waals surface area contributed by atoms with E-state index < -0.39 is 0 Å². The lowest BCUT2D eigenvalue weighted by Crippen LogP contribution is -2.34. The third-order valence-corrected chi connectivity index (χ3v) is 4.24. The minimum Gasteiger partial charge on any atom is -0.316 e. The maximum Gasteiger partial charge on any atom is 0.0175 e. The fourth-order valence-electron chi connectivity index (χ4n) is 2.57. The zero-order valence-electron chi connectivity index (χ0n) is 9.39. The van der Waals surface area contributed by atoms with E-state index in [9.17, 15) is 0 Å². The molecular formula is C13H18BrN. The summed E-state index contributed by atoms with van der Waals surface area (Å²) in [5.74, 6) is 0.689. The highest BCUT2D eigenvalue weighted by Crippen LogP contribution is 2.38. The largest absolute Gasteiger partial charge is 0.316 e. The third kappa shape index (κ3) is 1.98. The van der Waals surface area contributed by atoms with Crippen LogP contribution in [0.3, 0.4) is 0 Å². The molecule has 2 rings (SSSR count). The van der Waals surface area contributed by atoms with E-state index >= 15 is 0 Å². The van der Waals surface area contributed by atoms with Gasteiger partial charge in [0.1, 0.15) is 0 Å². The molecule has 0 bridgehead atoms. The Morgan fingerprint density at radius 1 is 1.27 bits per heavy atom. The molecule has 1 saturated heterocycles. The smallest absolute Gasteiger partial charge is 0.0175 e. The highest BCUT2D eigenvalue weighted by atomic mass is 79.9. The molecule has 1 nitrogen and oxygen atoms in total. The van der Waals surface area contributed by atoms with Crippen molar-refractivity contribution in [3.8, 4) is 0 Å². The highest BCUT2D eigenvalue weighted by molar-refractivity contribution is 9.10. The monoisotopic (exact) mass is 267 g/mol. The lowest BCUT2D eigenvalue weighted by Gasteiger charge is -2.33. The minimum atomic E-state index is 0.348. The summed E-state index contributed by atoms with van der Waals surface area (Å²) in [6.07, 6.45) is 1.26. The van der Waals surface area contributed by atoms with E-state index in [-0.39, 0.29) is 0 Å². The Bertz CT molecular complexity index is 323. The van der Waals surface area contributed by atoms with Gasteiger partial charge in [-0.25, -0.2) is 0 Å². The summed E-state index contributed by atoms with van der Waals surface area (Å²) in [7, 11) is 0. The zero-order chi connectivity index (χ0) is 10.9. The van der Waals surface area contributed by atoms with E-state index in [2.05, 4.69) is 59.4 Å². The summed E-state index contributed by atoms with van der Waals surface area (Å²) in [6.45, 7) is 6.92. The van der Waals surface area contributed by atoms with Gasteiger partial charge in [-0.2, -0.15) is 0 Å². The van der Waals surface area contributed by atoms with Crippen molar-refractivity contribution in [3.05, 3.63) is 34.3 Å². The molecule has 1 fully saturated rings. The molecule has 0 aliphatic carbocycles. The van der Waals surface area contributed by atoms with Crippen LogP contribution in [0.2, 0.25) is 0 Å².